The number of hydrogen-bond donors (Lipinski definition) is 0. The van der Waals surface area contributed by atoms with Gasteiger partial charge in [0.05, 0.1) is 11.1 Å². The maximum atomic E-state index is 7.23. The molecule has 9 aromatic carbocycles. The van der Waals surface area contributed by atoms with Crippen molar-refractivity contribution in [1.82, 2.24) is 4.98 Å². The summed E-state index contributed by atoms with van der Waals surface area (Å²) in [6, 6.07) is 70.1. The Morgan fingerprint density at radius 1 is 0.361 bits per heavy atom. The second kappa shape index (κ2) is 12.0. The second-order valence-electron chi connectivity index (χ2n) is 16.5. The number of benzene rings is 9. The van der Waals surface area contributed by atoms with Crippen molar-refractivity contribution in [2.75, 3.05) is 0 Å². The summed E-state index contributed by atoms with van der Waals surface area (Å²) in [6.45, 7) is 0. The standard InChI is InChI=1S/C58H33NO2/c1-2-15-35(16-3-1)44-32-47-53(55-51(44)42-21-7-10-25-49(42)60-55)54-48(58(47)46-24-9-6-20-40(46)41-23-13-29-59-57(41)58)33-45(52-43-22-8-11-26-50(43)61-56(52)54)39-19-12-18-37(31-39)38-28-27-34-14-4-5-17-36(34)30-38/h1-33H. The predicted molar refractivity (Wildman–Crippen MR) is 249 cm³/mol. The van der Waals surface area contributed by atoms with Gasteiger partial charge in [0.25, 0.3) is 0 Å². The van der Waals surface area contributed by atoms with Crippen molar-refractivity contribution in [3.63, 3.8) is 0 Å². The lowest BCUT2D eigenvalue weighted by Crippen LogP contribution is -2.27. The number of aromatic nitrogens is 1. The number of furan rings is 2. The van der Waals surface area contributed by atoms with Gasteiger partial charge in [0, 0.05) is 44.4 Å². The molecule has 3 heteroatoms. The molecule has 0 saturated heterocycles. The van der Waals surface area contributed by atoms with Gasteiger partial charge in [-0.2, -0.15) is 0 Å². The summed E-state index contributed by atoms with van der Waals surface area (Å²) in [5, 5.41) is 6.83. The minimum atomic E-state index is -0.771. The smallest absolute Gasteiger partial charge is 0.144 e. The summed E-state index contributed by atoms with van der Waals surface area (Å²) in [5.74, 6) is 0. The molecule has 1 atom stereocenters. The van der Waals surface area contributed by atoms with Crippen molar-refractivity contribution in [2.45, 2.75) is 5.41 Å². The molecule has 0 radical (unpaired) electrons. The molecular weight excluding hydrogens is 743 g/mol. The molecule has 1 spiro atoms. The molecule has 12 aromatic rings. The summed E-state index contributed by atoms with van der Waals surface area (Å²) in [6.07, 6.45) is 1.95. The van der Waals surface area contributed by atoms with Gasteiger partial charge in [-0.25, -0.2) is 0 Å². The van der Waals surface area contributed by atoms with Gasteiger partial charge in [-0.3, -0.25) is 4.98 Å². The summed E-state index contributed by atoms with van der Waals surface area (Å²) >= 11 is 0. The van der Waals surface area contributed by atoms with Crippen LogP contribution in [0.2, 0.25) is 0 Å². The fraction of sp³-hybridized carbons (Fsp3) is 0.0172. The van der Waals surface area contributed by atoms with E-state index >= 15 is 0 Å². The summed E-state index contributed by atoms with van der Waals surface area (Å²) in [7, 11) is 0. The zero-order valence-corrected chi connectivity index (χ0v) is 32.8. The molecule has 3 nitrogen and oxygen atoms in total. The van der Waals surface area contributed by atoms with E-state index in [0.717, 1.165) is 105 Å². The summed E-state index contributed by atoms with van der Waals surface area (Å²) in [5.41, 5.74) is 18.6. The number of fused-ring (bicyclic) bond motifs is 19. The van der Waals surface area contributed by atoms with Crippen molar-refractivity contribution in [1.29, 1.82) is 0 Å². The highest BCUT2D eigenvalue weighted by Gasteiger charge is 2.55. The van der Waals surface area contributed by atoms with Gasteiger partial charge in [-0.05, 0) is 109 Å². The first-order valence-corrected chi connectivity index (χ1v) is 20.9. The van der Waals surface area contributed by atoms with Gasteiger partial charge in [-0.1, -0.05) is 152 Å². The van der Waals surface area contributed by atoms with E-state index in [1.165, 1.54) is 27.5 Å². The van der Waals surface area contributed by atoms with Crippen molar-refractivity contribution in [3.8, 4) is 55.6 Å². The van der Waals surface area contributed by atoms with Gasteiger partial charge in [0.1, 0.15) is 22.3 Å². The molecule has 1 unspecified atom stereocenters. The molecule has 0 bridgehead atoms. The monoisotopic (exact) mass is 775 g/mol. The Kier molecular flexibility index (Phi) is 6.49. The maximum absolute atomic E-state index is 7.23. The zero-order chi connectivity index (χ0) is 39.8. The van der Waals surface area contributed by atoms with Crippen molar-refractivity contribution in [3.05, 3.63) is 223 Å². The summed E-state index contributed by atoms with van der Waals surface area (Å²) in [4.78, 5) is 5.37. The van der Waals surface area contributed by atoms with Gasteiger partial charge >= 0.3 is 0 Å². The lowest BCUT2D eigenvalue weighted by atomic mass is 9.71. The molecule has 282 valence electrons. The lowest BCUT2D eigenvalue weighted by Gasteiger charge is -2.30. The molecule has 0 saturated carbocycles. The van der Waals surface area contributed by atoms with Crippen LogP contribution in [0.3, 0.4) is 0 Å². The zero-order valence-electron chi connectivity index (χ0n) is 32.8. The van der Waals surface area contributed by atoms with Gasteiger partial charge in [-0.15, -0.1) is 0 Å². The molecule has 0 N–H and O–H groups in total. The molecule has 0 fully saturated rings. The minimum Gasteiger partial charge on any atom is -0.455 e. The lowest BCUT2D eigenvalue weighted by molar-refractivity contribution is 0.665. The SMILES string of the molecule is c1ccc(-c2cc3c(c4oc5ccccc5c24)-c2c(cc(-c4cccc(-c5ccc6ccccc6c5)c4)c4c2oc2ccccc24)C32c3ccccc3-c3cccnc32)cc1. The molecule has 0 aliphatic heterocycles. The van der Waals surface area contributed by atoms with Crippen LogP contribution in [0.4, 0.5) is 0 Å². The van der Waals surface area contributed by atoms with Crippen molar-refractivity contribution < 1.29 is 8.83 Å². The first-order chi connectivity index (χ1) is 30.3. The minimum absolute atomic E-state index is 0.771. The van der Waals surface area contributed by atoms with Crippen LogP contribution in [0.1, 0.15) is 22.4 Å². The Morgan fingerprint density at radius 2 is 0.934 bits per heavy atom. The average molecular weight is 776 g/mol. The molecule has 2 aliphatic carbocycles. The van der Waals surface area contributed by atoms with Crippen LogP contribution in [0.15, 0.2) is 209 Å². The van der Waals surface area contributed by atoms with Crippen LogP contribution >= 0.6 is 0 Å². The third kappa shape index (κ3) is 4.29. The van der Waals surface area contributed by atoms with Crippen molar-refractivity contribution >= 4 is 54.6 Å². The Hall–Kier alpha value is -8.01. The first-order valence-electron chi connectivity index (χ1n) is 20.9. The van der Waals surface area contributed by atoms with E-state index in [0.29, 0.717) is 0 Å². The highest BCUT2D eigenvalue weighted by Crippen LogP contribution is 2.66. The Labute approximate surface area is 350 Å². The topological polar surface area (TPSA) is 39.2 Å². The van der Waals surface area contributed by atoms with E-state index < -0.39 is 5.41 Å². The van der Waals surface area contributed by atoms with Crippen LogP contribution in [0, 0.1) is 0 Å². The van der Waals surface area contributed by atoms with E-state index in [-0.39, 0.29) is 0 Å². The molecule has 3 heterocycles. The number of rotatable bonds is 3. The van der Waals surface area contributed by atoms with E-state index in [1.54, 1.807) is 0 Å². The number of pyridine rings is 1. The van der Waals surface area contributed by atoms with Gasteiger partial charge in [0.15, 0.2) is 0 Å². The molecule has 3 aromatic heterocycles. The van der Waals surface area contributed by atoms with Crippen LogP contribution in [0.5, 0.6) is 0 Å². The number of para-hydroxylation sites is 2. The van der Waals surface area contributed by atoms with Gasteiger partial charge < -0.3 is 8.83 Å². The van der Waals surface area contributed by atoms with E-state index in [2.05, 4.69) is 194 Å². The Morgan fingerprint density at radius 3 is 1.69 bits per heavy atom. The van der Waals surface area contributed by atoms with Crippen LogP contribution in [-0.2, 0) is 5.41 Å². The van der Waals surface area contributed by atoms with E-state index in [4.69, 9.17) is 13.8 Å². The number of nitrogens with zero attached hydrogens (tertiary/aromatic N) is 1. The molecule has 0 amide bonds. The molecule has 2 aliphatic rings. The molecule has 14 rings (SSSR count). The van der Waals surface area contributed by atoms with Gasteiger partial charge in [0.2, 0.25) is 0 Å². The molecular formula is C58H33NO2. The normalized spacial score (nSPS) is 15.0. The average Bonchev–Trinajstić information content (AvgIpc) is 4.07. The Balaban J connectivity index is 1.17. The highest BCUT2D eigenvalue weighted by atomic mass is 16.3. The van der Waals surface area contributed by atoms with Crippen LogP contribution < -0.4 is 0 Å². The third-order valence-corrected chi connectivity index (χ3v) is 13.5. The second-order valence-corrected chi connectivity index (χ2v) is 16.5. The molecule has 61 heavy (non-hydrogen) atoms. The fourth-order valence-electron chi connectivity index (χ4n) is 11.0. The first kappa shape index (κ1) is 32.9. The van der Waals surface area contributed by atoms with Crippen molar-refractivity contribution in [2.24, 2.45) is 0 Å². The maximum Gasteiger partial charge on any atom is 0.144 e. The largest absolute Gasteiger partial charge is 0.455 e. The third-order valence-electron chi connectivity index (χ3n) is 13.5. The Bertz CT molecular complexity index is 3790. The van der Waals surface area contributed by atoms with Crippen LogP contribution in [-0.4, -0.2) is 4.98 Å². The van der Waals surface area contributed by atoms with Crippen LogP contribution in [0.25, 0.3) is 110 Å². The van der Waals surface area contributed by atoms with E-state index in [1.807, 2.05) is 6.20 Å². The quantitative estimate of drug-likeness (QED) is 0.179. The fourth-order valence-corrected chi connectivity index (χ4v) is 11.0. The summed E-state index contributed by atoms with van der Waals surface area (Å²) < 4.78 is 14.4. The van der Waals surface area contributed by atoms with E-state index in [9.17, 15) is 0 Å². The highest BCUT2D eigenvalue weighted by molar-refractivity contribution is 6.24. The predicted octanol–water partition coefficient (Wildman–Crippen LogP) is 15.4. The number of hydrogen-bond acceptors (Lipinski definition) is 3.